The number of fused-ring (bicyclic) bond motifs is 3. The molecule has 0 radical (unpaired) electrons. The minimum Gasteiger partial charge on any atom is -0.541 e. The average Bonchev–Trinajstić information content (AvgIpc) is 2.53. The van der Waals surface area contributed by atoms with Crippen LogP contribution in [0.2, 0.25) is 18.1 Å². The van der Waals surface area contributed by atoms with Gasteiger partial charge >= 0.3 is 11.4 Å². The van der Waals surface area contributed by atoms with Gasteiger partial charge < -0.3 is 33.2 Å². The van der Waals surface area contributed by atoms with E-state index in [1.165, 1.54) is 26.1 Å². The molecule has 2 fully saturated rings. The van der Waals surface area contributed by atoms with E-state index in [4.69, 9.17) is 33.4 Å². The molecule has 5 aromatic heterocycles. The lowest BCUT2D eigenvalue weighted by Crippen LogP contribution is -2.44. The molecule has 1 aliphatic carbocycles. The van der Waals surface area contributed by atoms with Crippen LogP contribution in [0.25, 0.3) is 39.0 Å². The fraction of sp³-hybridized carbons (Fsp3) is 0.492. The number of imidazole rings is 1. The fourth-order valence-corrected chi connectivity index (χ4v) is 13.0. The summed E-state index contributed by atoms with van der Waals surface area (Å²) >= 11 is 0. The van der Waals surface area contributed by atoms with Gasteiger partial charge in [0.15, 0.2) is 17.5 Å². The second-order valence-corrected chi connectivity index (χ2v) is 29.0. The first-order valence-corrected chi connectivity index (χ1v) is 30.8. The van der Waals surface area contributed by atoms with Crippen molar-refractivity contribution >= 4 is 36.0 Å². The molecule has 0 bridgehead atoms. The minimum atomic E-state index is -2.59. The first-order valence-electron chi connectivity index (χ1n) is 27.9. The number of aliphatic hydroxyl groups is 1. The average molecular weight is 1130 g/mol. The predicted molar refractivity (Wildman–Crippen MR) is 303 cm³/mol. The van der Waals surface area contributed by atoms with Gasteiger partial charge in [0.05, 0.1) is 85.4 Å². The lowest BCUT2D eigenvalue weighted by Gasteiger charge is -2.36. The second-order valence-electron chi connectivity index (χ2n) is 24.3. The van der Waals surface area contributed by atoms with Crippen molar-refractivity contribution in [2.45, 2.75) is 129 Å². The van der Waals surface area contributed by atoms with Gasteiger partial charge in [-0.2, -0.15) is 10.2 Å². The van der Waals surface area contributed by atoms with Crippen LogP contribution in [0.5, 0.6) is 5.75 Å². The van der Waals surface area contributed by atoms with Crippen molar-refractivity contribution in [1.29, 1.82) is 0 Å². The first kappa shape index (κ1) is 55.9. The molecule has 2 aliphatic heterocycles. The van der Waals surface area contributed by atoms with E-state index < -0.39 is 43.0 Å². The van der Waals surface area contributed by atoms with Crippen LogP contribution < -0.4 is 15.9 Å². The summed E-state index contributed by atoms with van der Waals surface area (Å²) in [5.74, 6) is -1.25. The van der Waals surface area contributed by atoms with Gasteiger partial charge in [-0.3, -0.25) is 27.7 Å². The van der Waals surface area contributed by atoms with E-state index in [1.54, 1.807) is 58.7 Å². The predicted octanol–water partition coefficient (Wildman–Crippen LogP) is 9.02. The lowest BCUT2D eigenvalue weighted by atomic mass is 9.83. The van der Waals surface area contributed by atoms with Gasteiger partial charge in [0.2, 0.25) is 0 Å². The van der Waals surface area contributed by atoms with E-state index in [1.807, 2.05) is 30.7 Å². The quantitative estimate of drug-likeness (QED) is 0.0673. The largest absolute Gasteiger partial charge is 0.541 e. The molecule has 22 heteroatoms. The van der Waals surface area contributed by atoms with Gasteiger partial charge in [-0.25, -0.2) is 23.1 Å². The Morgan fingerprint density at radius 2 is 1.67 bits per heavy atom. The zero-order chi connectivity index (χ0) is 57.7. The third-order valence-corrected chi connectivity index (χ3v) is 21.8. The van der Waals surface area contributed by atoms with Gasteiger partial charge in [-0.15, -0.1) is 0 Å². The highest BCUT2D eigenvalue weighted by atomic mass is 28.4. The number of amides is 1. The SMILES string of the molecule is Cc1cc(-n2nc3c(c2-n2ccn(-c4ccc5c(cnn5C)c4F)c2=O)[C@H](C)N(C(=O)c2cc4cc([C@H]5CCOC(C)(C)C5)ccc4n2[C@@]2(c4noc(=O)n4CCOCCOCCO)C[C@@H]2C)CC3)cc(O[Si](C)(C)C(C)(C)C)c1F. The zero-order valence-corrected chi connectivity index (χ0v) is 49.0. The van der Waals surface area contributed by atoms with Crippen LogP contribution >= 0.6 is 0 Å². The number of hydrogen-bond acceptors (Lipinski definition) is 12. The van der Waals surface area contributed by atoms with Crippen LogP contribution in [0.4, 0.5) is 8.78 Å². The summed E-state index contributed by atoms with van der Waals surface area (Å²) in [5, 5.41) is 23.8. The summed E-state index contributed by atoms with van der Waals surface area (Å²) < 4.78 is 71.5. The maximum atomic E-state index is 16.5. The molecular formula is C59H72F2N10O9Si. The van der Waals surface area contributed by atoms with Crippen molar-refractivity contribution in [3.8, 4) is 22.9 Å². The van der Waals surface area contributed by atoms with Crippen molar-refractivity contribution in [1.82, 2.24) is 47.9 Å². The molecule has 3 aromatic carbocycles. The molecule has 7 heterocycles. The Hall–Kier alpha value is -6.98. The van der Waals surface area contributed by atoms with E-state index in [0.29, 0.717) is 52.6 Å². The zero-order valence-electron chi connectivity index (χ0n) is 48.0. The maximum absolute atomic E-state index is 16.5. The Morgan fingerprint density at radius 1 is 0.938 bits per heavy atom. The number of carbonyl (C=O) groups excluding carboxylic acids is 1. The summed E-state index contributed by atoms with van der Waals surface area (Å²) in [4.78, 5) is 46.6. The molecule has 11 rings (SSSR count). The van der Waals surface area contributed by atoms with Gasteiger partial charge in [-0.1, -0.05) is 38.9 Å². The number of aliphatic hydroxyl groups excluding tert-OH is 1. The van der Waals surface area contributed by atoms with Crippen molar-refractivity contribution in [3.05, 3.63) is 134 Å². The molecule has 3 aliphatic rings. The number of aromatic nitrogens is 9. The van der Waals surface area contributed by atoms with Crippen LogP contribution in [-0.4, -0.2) is 119 Å². The Morgan fingerprint density at radius 3 is 2.38 bits per heavy atom. The molecule has 1 saturated carbocycles. The van der Waals surface area contributed by atoms with Crippen LogP contribution in [0.3, 0.4) is 0 Å². The molecule has 0 spiro atoms. The summed E-state index contributed by atoms with van der Waals surface area (Å²) in [5.41, 5.74) is 2.85. The Balaban J connectivity index is 1.05. The van der Waals surface area contributed by atoms with E-state index in [0.717, 1.165) is 29.3 Å². The molecule has 19 nitrogen and oxygen atoms in total. The Kier molecular flexibility index (Phi) is 14.3. The molecular weight excluding hydrogens is 1060 g/mol. The number of ether oxygens (including phenoxy) is 3. The minimum absolute atomic E-state index is 0.0142. The molecule has 4 atom stereocenters. The summed E-state index contributed by atoms with van der Waals surface area (Å²) in [6.45, 7) is 21.9. The summed E-state index contributed by atoms with van der Waals surface area (Å²) in [7, 11) is -0.876. The third-order valence-electron chi connectivity index (χ3n) is 17.5. The smallest absolute Gasteiger partial charge is 0.441 e. The fourth-order valence-electron chi connectivity index (χ4n) is 12.0. The van der Waals surface area contributed by atoms with E-state index in [9.17, 15) is 4.79 Å². The van der Waals surface area contributed by atoms with Crippen LogP contribution in [0, 0.1) is 24.5 Å². The van der Waals surface area contributed by atoms with Gasteiger partial charge in [-0.05, 0) is 124 Å². The summed E-state index contributed by atoms with van der Waals surface area (Å²) in [6.07, 6.45) is 6.96. The standard InChI is InChI=1S/C59H72F2N10O9Si/c1-35-28-41(31-48(50(35)60)80-81(10,11)57(4,5)6)71-52(68-20-19-67(55(68)74)46-15-14-45-42(51(46)61)34-62-65(45)9)49-37(3)66(18-16-43(49)63-71)53(73)47-30-40-29-38(39-17-23-78-58(7,8)33-39)12-13-44(40)70(47)59(32-36(59)2)54-64-79-56(75)69(54)21-24-76-26-27-77-25-22-72/h12-15,19-20,28-31,34,36-37,39,72H,16-18,21-27,32-33H2,1-11H3/t36-,37-,39-,59-/m0/s1. The lowest BCUT2D eigenvalue weighted by molar-refractivity contribution is -0.0592. The van der Waals surface area contributed by atoms with E-state index in [-0.39, 0.29) is 104 Å². The Labute approximate surface area is 468 Å². The highest BCUT2D eigenvalue weighted by Crippen LogP contribution is 2.57. The van der Waals surface area contributed by atoms with Crippen LogP contribution in [-0.2, 0) is 39.8 Å². The molecule has 1 amide bonds. The molecule has 8 aromatic rings. The molecule has 0 unspecified atom stereocenters. The number of rotatable bonds is 17. The topological polar surface area (TPSA) is 193 Å². The molecule has 81 heavy (non-hydrogen) atoms. The monoisotopic (exact) mass is 1130 g/mol. The summed E-state index contributed by atoms with van der Waals surface area (Å²) in [6, 6.07) is 14.1. The van der Waals surface area contributed by atoms with Crippen molar-refractivity contribution in [3.63, 3.8) is 0 Å². The van der Waals surface area contributed by atoms with Gasteiger partial charge in [0.1, 0.15) is 22.8 Å². The number of carbonyl (C=O) groups is 1. The number of benzene rings is 3. The first-order chi connectivity index (χ1) is 38.5. The van der Waals surface area contributed by atoms with Gasteiger partial charge in [0, 0.05) is 61.5 Å². The highest BCUT2D eigenvalue weighted by Gasteiger charge is 2.60. The number of nitrogens with zero attached hydrogens (tertiary/aromatic N) is 10. The van der Waals surface area contributed by atoms with Crippen LogP contribution in [0.1, 0.15) is 118 Å². The van der Waals surface area contributed by atoms with Crippen molar-refractivity contribution in [2.24, 2.45) is 13.0 Å². The number of aryl methyl sites for hydroxylation is 2. The molecule has 1 saturated heterocycles. The highest BCUT2D eigenvalue weighted by molar-refractivity contribution is 6.74. The molecule has 430 valence electrons. The normalized spacial score (nSPS) is 20.2. The van der Waals surface area contributed by atoms with Crippen molar-refractivity contribution < 1.29 is 41.8 Å². The third kappa shape index (κ3) is 9.68. The second kappa shape index (κ2) is 20.8. The number of hydrogen-bond donors (Lipinski definition) is 1. The van der Waals surface area contributed by atoms with Crippen LogP contribution in [0.15, 0.2) is 81.2 Å². The maximum Gasteiger partial charge on any atom is 0.441 e. The van der Waals surface area contributed by atoms with Crippen molar-refractivity contribution in [2.75, 3.05) is 46.2 Å². The van der Waals surface area contributed by atoms with E-state index >= 15 is 18.4 Å². The Bertz CT molecular complexity index is 3860. The van der Waals surface area contributed by atoms with E-state index in [2.05, 4.69) is 70.0 Å². The van der Waals surface area contributed by atoms with Gasteiger partial charge in [0.25, 0.3) is 14.2 Å². The molecule has 1 N–H and O–H groups in total. The number of halogens is 2.